The normalized spacial score (nSPS) is 10.8. The number of carbonyl (C=O) groups excluding carboxylic acids is 1. The number of aryl methyl sites for hydroxylation is 2. The Labute approximate surface area is 142 Å². The first-order chi connectivity index (χ1) is 11.9. The zero-order valence-corrected chi connectivity index (χ0v) is 14.1. The highest BCUT2D eigenvalue weighted by molar-refractivity contribution is 5.96. The lowest BCUT2D eigenvalue weighted by Gasteiger charge is -2.09. The second kappa shape index (κ2) is 6.31. The smallest absolute Gasteiger partial charge is 0.332 e. The van der Waals surface area contributed by atoms with Crippen molar-refractivity contribution in [2.45, 2.75) is 13.5 Å². The summed E-state index contributed by atoms with van der Waals surface area (Å²) >= 11 is 0. The molecule has 0 atom stereocenters. The molecule has 0 unspecified atom stereocenters. The van der Waals surface area contributed by atoms with Crippen LogP contribution in [0.4, 0.5) is 0 Å². The predicted molar refractivity (Wildman–Crippen MR) is 92.4 cm³/mol. The number of hydrogen-bond acceptors (Lipinski definition) is 5. The summed E-state index contributed by atoms with van der Waals surface area (Å²) in [5.41, 5.74) is 1.14. The van der Waals surface area contributed by atoms with E-state index in [0.717, 1.165) is 16.0 Å². The van der Waals surface area contributed by atoms with E-state index in [1.165, 1.54) is 30.9 Å². The van der Waals surface area contributed by atoms with Gasteiger partial charge in [-0.05, 0) is 25.1 Å². The SMILES string of the molecule is Cc1cccc(CNC(=O)c2cnc3c(c2)c(=O)n(C)c(=O)n3C)n1. The van der Waals surface area contributed by atoms with Crippen LogP contribution in [0.1, 0.15) is 21.7 Å². The number of pyridine rings is 2. The minimum atomic E-state index is -0.486. The minimum absolute atomic E-state index is 0.214. The third-order valence-electron chi connectivity index (χ3n) is 3.93. The number of hydrogen-bond donors (Lipinski definition) is 1. The fraction of sp³-hybridized carbons (Fsp3) is 0.235. The monoisotopic (exact) mass is 339 g/mol. The Morgan fingerprint density at radius 3 is 2.68 bits per heavy atom. The molecule has 0 aliphatic rings. The van der Waals surface area contributed by atoms with Crippen LogP contribution in [-0.4, -0.2) is 25.0 Å². The third kappa shape index (κ3) is 3.06. The first kappa shape index (κ1) is 16.6. The lowest BCUT2D eigenvalue weighted by atomic mass is 10.2. The van der Waals surface area contributed by atoms with Crippen LogP contribution < -0.4 is 16.6 Å². The first-order valence-corrected chi connectivity index (χ1v) is 7.65. The van der Waals surface area contributed by atoms with Crippen molar-refractivity contribution in [1.82, 2.24) is 24.4 Å². The molecule has 0 radical (unpaired) electrons. The summed E-state index contributed by atoms with van der Waals surface area (Å²) in [6, 6.07) is 7.00. The number of fused-ring (bicyclic) bond motifs is 1. The van der Waals surface area contributed by atoms with Gasteiger partial charge in [-0.2, -0.15) is 0 Å². The van der Waals surface area contributed by atoms with Gasteiger partial charge in [0.15, 0.2) is 0 Å². The van der Waals surface area contributed by atoms with Crippen LogP contribution in [0.5, 0.6) is 0 Å². The molecular formula is C17H17N5O3. The largest absolute Gasteiger partial charge is 0.346 e. The number of carbonyl (C=O) groups is 1. The second-order valence-corrected chi connectivity index (χ2v) is 5.75. The van der Waals surface area contributed by atoms with Gasteiger partial charge >= 0.3 is 5.69 Å². The molecule has 0 saturated heterocycles. The first-order valence-electron chi connectivity index (χ1n) is 7.65. The summed E-state index contributed by atoms with van der Waals surface area (Å²) < 4.78 is 2.26. The molecule has 0 fully saturated rings. The van der Waals surface area contributed by atoms with Crippen LogP contribution in [0.2, 0.25) is 0 Å². The van der Waals surface area contributed by atoms with Crippen LogP contribution in [0.3, 0.4) is 0 Å². The standard InChI is InChI=1S/C17H17N5O3/c1-10-5-4-6-12(20-10)9-19-15(23)11-7-13-14(18-8-11)21(2)17(25)22(3)16(13)24/h4-8H,9H2,1-3H3,(H,19,23). The Morgan fingerprint density at radius 1 is 1.20 bits per heavy atom. The molecule has 8 nitrogen and oxygen atoms in total. The van der Waals surface area contributed by atoms with E-state index in [-0.39, 0.29) is 29.0 Å². The third-order valence-corrected chi connectivity index (χ3v) is 3.93. The molecule has 128 valence electrons. The molecule has 1 amide bonds. The van der Waals surface area contributed by atoms with Crippen LogP contribution >= 0.6 is 0 Å². The van der Waals surface area contributed by atoms with Crippen molar-refractivity contribution in [3.05, 3.63) is 68.3 Å². The van der Waals surface area contributed by atoms with Crippen molar-refractivity contribution in [2.24, 2.45) is 14.1 Å². The Bertz CT molecular complexity index is 1100. The Balaban J connectivity index is 1.92. The number of rotatable bonds is 3. The average Bonchev–Trinajstić information content (AvgIpc) is 2.62. The maximum absolute atomic E-state index is 12.3. The summed E-state index contributed by atoms with van der Waals surface area (Å²) in [7, 11) is 2.92. The van der Waals surface area contributed by atoms with Gasteiger partial charge in [0.1, 0.15) is 5.65 Å². The zero-order valence-electron chi connectivity index (χ0n) is 14.1. The topological polar surface area (TPSA) is 98.9 Å². The molecule has 3 aromatic rings. The van der Waals surface area contributed by atoms with Crippen molar-refractivity contribution >= 4 is 16.9 Å². The van der Waals surface area contributed by atoms with Gasteiger partial charge in [-0.1, -0.05) is 6.07 Å². The molecule has 0 aliphatic carbocycles. The van der Waals surface area contributed by atoms with Gasteiger partial charge in [-0.15, -0.1) is 0 Å². The van der Waals surface area contributed by atoms with Gasteiger partial charge in [-0.3, -0.25) is 23.7 Å². The highest BCUT2D eigenvalue weighted by Gasteiger charge is 2.13. The zero-order chi connectivity index (χ0) is 18.1. The van der Waals surface area contributed by atoms with Gasteiger partial charge in [0.05, 0.1) is 23.2 Å². The van der Waals surface area contributed by atoms with E-state index in [9.17, 15) is 14.4 Å². The molecule has 3 aromatic heterocycles. The van der Waals surface area contributed by atoms with E-state index in [4.69, 9.17) is 0 Å². The van der Waals surface area contributed by atoms with Crippen molar-refractivity contribution in [2.75, 3.05) is 0 Å². The molecule has 0 bridgehead atoms. The second-order valence-electron chi connectivity index (χ2n) is 5.75. The summed E-state index contributed by atoms with van der Waals surface area (Å²) in [4.78, 5) is 44.9. The Hall–Kier alpha value is -3.29. The predicted octanol–water partition coefficient (Wildman–Crippen LogP) is 0.266. The minimum Gasteiger partial charge on any atom is -0.346 e. The Morgan fingerprint density at radius 2 is 1.96 bits per heavy atom. The molecule has 0 spiro atoms. The number of aromatic nitrogens is 4. The van der Waals surface area contributed by atoms with E-state index < -0.39 is 11.2 Å². The summed E-state index contributed by atoms with van der Waals surface area (Å²) in [6.45, 7) is 2.14. The van der Waals surface area contributed by atoms with Gasteiger partial charge in [0, 0.05) is 26.0 Å². The van der Waals surface area contributed by atoms with Gasteiger partial charge in [-0.25, -0.2) is 9.78 Å². The van der Waals surface area contributed by atoms with E-state index in [2.05, 4.69) is 15.3 Å². The maximum atomic E-state index is 12.3. The van der Waals surface area contributed by atoms with Crippen LogP contribution in [-0.2, 0) is 20.6 Å². The molecular weight excluding hydrogens is 322 g/mol. The van der Waals surface area contributed by atoms with Crippen molar-refractivity contribution in [1.29, 1.82) is 0 Å². The summed E-state index contributed by atoms with van der Waals surface area (Å²) in [5.74, 6) is -0.367. The van der Waals surface area contributed by atoms with Gasteiger partial charge in [0.25, 0.3) is 11.5 Å². The maximum Gasteiger partial charge on any atom is 0.332 e. The average molecular weight is 339 g/mol. The van der Waals surface area contributed by atoms with E-state index in [0.29, 0.717) is 0 Å². The molecule has 1 N–H and O–H groups in total. The molecule has 8 heteroatoms. The van der Waals surface area contributed by atoms with E-state index in [1.54, 1.807) is 0 Å². The highest BCUT2D eigenvalue weighted by atomic mass is 16.2. The quantitative estimate of drug-likeness (QED) is 0.738. The summed E-state index contributed by atoms with van der Waals surface area (Å²) in [5, 5.41) is 2.96. The summed E-state index contributed by atoms with van der Waals surface area (Å²) in [6.07, 6.45) is 1.35. The van der Waals surface area contributed by atoms with Crippen molar-refractivity contribution in [3.63, 3.8) is 0 Å². The number of amides is 1. The lowest BCUT2D eigenvalue weighted by Crippen LogP contribution is -2.37. The van der Waals surface area contributed by atoms with Crippen LogP contribution in [0.25, 0.3) is 11.0 Å². The van der Waals surface area contributed by atoms with Crippen molar-refractivity contribution < 1.29 is 4.79 Å². The molecule has 0 aliphatic heterocycles. The molecule has 0 saturated carbocycles. The fourth-order valence-corrected chi connectivity index (χ4v) is 2.56. The Kier molecular flexibility index (Phi) is 4.18. The van der Waals surface area contributed by atoms with Gasteiger partial charge < -0.3 is 5.32 Å². The molecule has 3 heterocycles. The van der Waals surface area contributed by atoms with E-state index >= 15 is 0 Å². The van der Waals surface area contributed by atoms with E-state index in [1.807, 2.05) is 25.1 Å². The van der Waals surface area contributed by atoms with Crippen LogP contribution in [0.15, 0.2) is 40.1 Å². The van der Waals surface area contributed by atoms with Crippen molar-refractivity contribution in [3.8, 4) is 0 Å². The number of nitrogens with zero attached hydrogens (tertiary/aromatic N) is 4. The molecule has 0 aromatic carbocycles. The lowest BCUT2D eigenvalue weighted by molar-refractivity contribution is 0.0950. The fourth-order valence-electron chi connectivity index (χ4n) is 2.56. The van der Waals surface area contributed by atoms with Crippen LogP contribution in [0, 0.1) is 6.92 Å². The highest BCUT2D eigenvalue weighted by Crippen LogP contribution is 2.08. The molecule has 25 heavy (non-hydrogen) atoms. The number of nitrogens with one attached hydrogen (secondary N) is 1. The van der Waals surface area contributed by atoms with Gasteiger partial charge in [0.2, 0.25) is 0 Å². The molecule has 3 rings (SSSR count).